The minimum Gasteiger partial charge on any atom is -0.497 e. The van der Waals surface area contributed by atoms with Crippen molar-refractivity contribution in [2.45, 2.75) is 25.8 Å². The van der Waals surface area contributed by atoms with Crippen molar-refractivity contribution in [3.63, 3.8) is 0 Å². The summed E-state index contributed by atoms with van der Waals surface area (Å²) in [4.78, 5) is 10.9. The molecule has 1 fully saturated rings. The van der Waals surface area contributed by atoms with Crippen molar-refractivity contribution < 1.29 is 14.6 Å². The lowest BCUT2D eigenvalue weighted by atomic mass is 9.73. The highest BCUT2D eigenvalue weighted by atomic mass is 35.5. The van der Waals surface area contributed by atoms with Crippen LogP contribution < -0.4 is 15.6 Å². The lowest BCUT2D eigenvalue weighted by Gasteiger charge is -2.32. The van der Waals surface area contributed by atoms with E-state index in [1.165, 1.54) is 17.6 Å². The summed E-state index contributed by atoms with van der Waals surface area (Å²) in [6.07, 6.45) is 6.20. The molecule has 2 aliphatic rings. The molecule has 1 aliphatic heterocycles. The molecule has 3 N–H and O–H groups in total. The first-order valence-electron chi connectivity index (χ1n) is 11.7. The molecule has 0 aromatic heterocycles. The number of hydrogen-bond acceptors (Lipinski definition) is 4. The van der Waals surface area contributed by atoms with E-state index in [0.717, 1.165) is 64.7 Å². The molecule has 35 heavy (non-hydrogen) atoms. The first kappa shape index (κ1) is 23.2. The Morgan fingerprint density at radius 3 is 2.49 bits per heavy atom. The van der Waals surface area contributed by atoms with E-state index in [1.807, 2.05) is 24.3 Å². The second-order valence-corrected chi connectivity index (χ2v) is 9.31. The second kappa shape index (κ2) is 9.98. The number of hydrazine groups is 1. The zero-order valence-electron chi connectivity index (χ0n) is 19.5. The summed E-state index contributed by atoms with van der Waals surface area (Å²) in [7, 11) is 1.65. The number of carboxylic acid groups (broad SMARTS) is 1. The van der Waals surface area contributed by atoms with E-state index in [-0.39, 0.29) is 0 Å². The van der Waals surface area contributed by atoms with Gasteiger partial charge in [-0.2, -0.15) is 0 Å². The molecule has 0 saturated heterocycles. The summed E-state index contributed by atoms with van der Waals surface area (Å²) in [6.45, 7) is 0.761. The van der Waals surface area contributed by atoms with Crippen molar-refractivity contribution in [1.82, 2.24) is 5.43 Å². The molecule has 3 aromatic carbocycles. The molecular formula is C29H27ClN2O3. The summed E-state index contributed by atoms with van der Waals surface area (Å²) < 4.78 is 5.40. The van der Waals surface area contributed by atoms with Gasteiger partial charge < -0.3 is 15.3 Å². The Kier molecular flexibility index (Phi) is 6.62. The van der Waals surface area contributed by atoms with Gasteiger partial charge in [0.2, 0.25) is 0 Å². The smallest absolute Gasteiger partial charge is 0.328 e. The van der Waals surface area contributed by atoms with E-state index in [0.29, 0.717) is 10.9 Å². The minimum atomic E-state index is -0.962. The van der Waals surface area contributed by atoms with Crippen LogP contribution in [0, 0.1) is 5.92 Å². The van der Waals surface area contributed by atoms with Gasteiger partial charge in [0, 0.05) is 12.6 Å². The number of allylic oxidation sites excluding steroid dienone is 1. The summed E-state index contributed by atoms with van der Waals surface area (Å²) in [5.41, 5.74) is 15.2. The fourth-order valence-electron chi connectivity index (χ4n) is 4.76. The van der Waals surface area contributed by atoms with E-state index in [1.54, 1.807) is 13.2 Å². The predicted molar refractivity (Wildman–Crippen MR) is 141 cm³/mol. The molecule has 6 heteroatoms. The third-order valence-electron chi connectivity index (χ3n) is 6.76. The fraction of sp³-hybridized carbons (Fsp3) is 0.207. The zero-order valence-corrected chi connectivity index (χ0v) is 20.2. The van der Waals surface area contributed by atoms with Gasteiger partial charge in [-0.1, -0.05) is 48.4 Å². The Labute approximate surface area is 210 Å². The third kappa shape index (κ3) is 4.83. The van der Waals surface area contributed by atoms with Crippen LogP contribution in [0.1, 0.15) is 47.1 Å². The number of nitrogens with one attached hydrogen (secondary N) is 2. The first-order chi connectivity index (χ1) is 17.0. The highest BCUT2D eigenvalue weighted by Gasteiger charge is 2.29. The Hall–Kier alpha value is -3.54. The van der Waals surface area contributed by atoms with Crippen LogP contribution in [0.5, 0.6) is 5.75 Å². The number of hydrogen-bond donors (Lipinski definition) is 3. The number of ether oxygens (including phenoxy) is 1. The molecule has 0 amide bonds. The monoisotopic (exact) mass is 486 g/mol. The van der Waals surface area contributed by atoms with Gasteiger partial charge in [-0.3, -0.25) is 0 Å². The minimum absolute atomic E-state index is 0.409. The molecule has 0 bridgehead atoms. The number of aliphatic carboxylic acids is 1. The molecule has 0 unspecified atom stereocenters. The van der Waals surface area contributed by atoms with Gasteiger partial charge in [-0.15, -0.1) is 0 Å². The number of methoxy groups -OCH3 is 1. The van der Waals surface area contributed by atoms with Gasteiger partial charge in [0.25, 0.3) is 0 Å². The molecule has 5 nitrogen and oxygen atoms in total. The highest BCUT2D eigenvalue weighted by Crippen LogP contribution is 2.47. The van der Waals surface area contributed by atoms with Gasteiger partial charge in [0.1, 0.15) is 5.75 Å². The van der Waals surface area contributed by atoms with Gasteiger partial charge in [0.05, 0.1) is 17.8 Å². The number of carboxylic acids is 1. The van der Waals surface area contributed by atoms with Gasteiger partial charge in [-0.05, 0) is 94.1 Å². The van der Waals surface area contributed by atoms with Crippen molar-refractivity contribution in [3.05, 3.63) is 99.6 Å². The number of fused-ring (bicyclic) bond motifs is 1. The largest absolute Gasteiger partial charge is 0.497 e. The number of carbonyl (C=O) groups is 1. The van der Waals surface area contributed by atoms with E-state index >= 15 is 0 Å². The molecular weight excluding hydrogens is 460 g/mol. The summed E-state index contributed by atoms with van der Waals surface area (Å²) in [5.74, 6) is 0.181. The maximum atomic E-state index is 10.9. The average molecular weight is 487 g/mol. The molecule has 3 aromatic rings. The van der Waals surface area contributed by atoms with Crippen molar-refractivity contribution in [1.29, 1.82) is 0 Å². The van der Waals surface area contributed by atoms with Crippen molar-refractivity contribution >= 4 is 40.5 Å². The quantitative estimate of drug-likeness (QED) is 0.258. The van der Waals surface area contributed by atoms with Crippen LogP contribution in [0.3, 0.4) is 0 Å². The van der Waals surface area contributed by atoms with Crippen LogP contribution in [0.15, 0.2) is 66.7 Å². The first-order valence-corrected chi connectivity index (χ1v) is 12.1. The molecule has 5 rings (SSSR count). The van der Waals surface area contributed by atoms with Crippen molar-refractivity contribution in [3.8, 4) is 5.75 Å². The number of rotatable bonds is 7. The number of benzene rings is 3. The van der Waals surface area contributed by atoms with Crippen LogP contribution in [0.4, 0.5) is 5.69 Å². The van der Waals surface area contributed by atoms with E-state index in [2.05, 4.69) is 47.2 Å². The zero-order chi connectivity index (χ0) is 24.4. The predicted octanol–water partition coefficient (Wildman–Crippen LogP) is 6.64. The Morgan fingerprint density at radius 1 is 1.06 bits per heavy atom. The maximum absolute atomic E-state index is 10.9. The molecule has 178 valence electrons. The third-order valence-corrected chi connectivity index (χ3v) is 7.08. The summed E-state index contributed by atoms with van der Waals surface area (Å²) in [6, 6.07) is 20.5. The molecule has 0 radical (unpaired) electrons. The average Bonchev–Trinajstić information content (AvgIpc) is 3.30. The van der Waals surface area contributed by atoms with Crippen molar-refractivity contribution in [2.75, 3.05) is 12.5 Å². The fourth-order valence-corrected chi connectivity index (χ4v) is 5.03. The van der Waals surface area contributed by atoms with Gasteiger partial charge in [0.15, 0.2) is 0 Å². The van der Waals surface area contributed by atoms with Gasteiger partial charge >= 0.3 is 5.97 Å². The molecule has 0 spiro atoms. The molecule has 0 atom stereocenters. The Morgan fingerprint density at radius 2 is 1.83 bits per heavy atom. The number of halogens is 1. The maximum Gasteiger partial charge on any atom is 0.328 e. The SMILES string of the molecule is COc1ccc(/C(=C(\c2ccc(/C=C/C(=O)O)cc2)c2ccc3c(c2)CNN3)C2CCC2)c(Cl)c1. The summed E-state index contributed by atoms with van der Waals surface area (Å²) >= 11 is 6.84. The molecule has 1 aliphatic carbocycles. The molecule has 1 saturated carbocycles. The normalized spacial score (nSPS) is 15.8. The lowest BCUT2D eigenvalue weighted by Crippen LogP contribution is -2.15. The van der Waals surface area contributed by atoms with Crippen molar-refractivity contribution in [2.24, 2.45) is 5.92 Å². The Balaban J connectivity index is 1.72. The Bertz CT molecular complexity index is 1320. The van der Waals surface area contributed by atoms with E-state index < -0.39 is 5.97 Å². The van der Waals surface area contributed by atoms with Crippen LogP contribution in [0.2, 0.25) is 5.02 Å². The highest BCUT2D eigenvalue weighted by molar-refractivity contribution is 6.33. The van der Waals surface area contributed by atoms with Crippen LogP contribution in [-0.2, 0) is 11.3 Å². The number of anilines is 1. The standard InChI is InChI=1S/C29H27ClN2O3/c1-35-23-11-12-24(25(30)16-23)29(19-3-2-4-19)28(21-10-13-26-22(15-21)17-31-32-26)20-8-5-18(6-9-20)7-14-27(33)34/h5-16,19,31-32H,2-4,17H2,1H3,(H,33,34)/b14-7+,29-28+. The van der Waals surface area contributed by atoms with Crippen LogP contribution in [-0.4, -0.2) is 18.2 Å². The summed E-state index contributed by atoms with van der Waals surface area (Å²) in [5, 5.41) is 9.65. The topological polar surface area (TPSA) is 70.6 Å². The van der Waals surface area contributed by atoms with Gasteiger partial charge in [-0.25, -0.2) is 10.2 Å². The van der Waals surface area contributed by atoms with Crippen LogP contribution in [0.25, 0.3) is 17.2 Å². The van der Waals surface area contributed by atoms with E-state index in [9.17, 15) is 4.79 Å². The molecule has 1 heterocycles. The van der Waals surface area contributed by atoms with Crippen LogP contribution >= 0.6 is 11.6 Å². The van der Waals surface area contributed by atoms with E-state index in [4.69, 9.17) is 21.4 Å². The lowest BCUT2D eigenvalue weighted by molar-refractivity contribution is -0.131. The second-order valence-electron chi connectivity index (χ2n) is 8.91.